The van der Waals surface area contributed by atoms with Crippen molar-refractivity contribution in [3.8, 4) is 0 Å². The van der Waals surface area contributed by atoms with E-state index in [1.165, 1.54) is 11.3 Å². The Bertz CT molecular complexity index is 480. The van der Waals surface area contributed by atoms with Crippen molar-refractivity contribution >= 4 is 17.2 Å². The molecule has 0 radical (unpaired) electrons. The number of aromatic nitrogens is 1. The molecule has 0 aliphatic carbocycles. The van der Waals surface area contributed by atoms with Crippen LogP contribution in [-0.4, -0.2) is 60.1 Å². The summed E-state index contributed by atoms with van der Waals surface area (Å²) < 4.78 is 5.19. The molecule has 0 unspecified atom stereocenters. The first kappa shape index (κ1) is 15.9. The van der Waals surface area contributed by atoms with E-state index in [4.69, 9.17) is 4.74 Å². The van der Waals surface area contributed by atoms with E-state index in [0.29, 0.717) is 30.9 Å². The molecule has 0 saturated carbocycles. The van der Waals surface area contributed by atoms with Crippen molar-refractivity contribution in [2.45, 2.75) is 38.3 Å². The minimum absolute atomic E-state index is 0.320. The van der Waals surface area contributed by atoms with Crippen LogP contribution in [0.15, 0.2) is 11.7 Å². The summed E-state index contributed by atoms with van der Waals surface area (Å²) >= 11 is 1.73. The molecule has 2 atom stereocenters. The van der Waals surface area contributed by atoms with Crippen molar-refractivity contribution in [1.82, 2.24) is 14.8 Å². The van der Waals surface area contributed by atoms with Gasteiger partial charge in [0.2, 0.25) is 5.91 Å². The fraction of sp³-hybridized carbons (Fsp3) is 0.750. The number of fused-ring (bicyclic) bond motifs is 1. The Morgan fingerprint density at radius 3 is 3.14 bits per heavy atom. The Morgan fingerprint density at radius 1 is 1.45 bits per heavy atom. The first-order chi connectivity index (χ1) is 10.8. The lowest BCUT2D eigenvalue weighted by Gasteiger charge is -2.42. The molecule has 3 rings (SSSR count). The molecule has 22 heavy (non-hydrogen) atoms. The summed E-state index contributed by atoms with van der Waals surface area (Å²) in [4.78, 5) is 22.5. The van der Waals surface area contributed by atoms with Gasteiger partial charge in [0.1, 0.15) is 0 Å². The van der Waals surface area contributed by atoms with E-state index in [2.05, 4.69) is 14.8 Å². The fourth-order valence-corrected chi connectivity index (χ4v) is 4.43. The van der Waals surface area contributed by atoms with Crippen LogP contribution in [0.2, 0.25) is 0 Å². The van der Waals surface area contributed by atoms with Gasteiger partial charge < -0.3 is 9.64 Å². The Labute approximate surface area is 136 Å². The predicted octanol–water partition coefficient (Wildman–Crippen LogP) is 1.99. The third kappa shape index (κ3) is 3.67. The van der Waals surface area contributed by atoms with Crippen LogP contribution in [0.25, 0.3) is 0 Å². The largest absolute Gasteiger partial charge is 0.383 e. The molecule has 1 aromatic heterocycles. The SMILES string of the molecule is COCCN1C(=O)CCC[C@H]2CN(Cc3cncs3)CC[C@H]21. The molecule has 0 N–H and O–H groups in total. The molecular formula is C16H25N3O2S. The molecule has 0 aromatic carbocycles. The van der Waals surface area contributed by atoms with Crippen molar-refractivity contribution < 1.29 is 9.53 Å². The molecule has 1 aromatic rings. The summed E-state index contributed by atoms with van der Waals surface area (Å²) in [5.74, 6) is 0.922. The molecular weight excluding hydrogens is 298 g/mol. The van der Waals surface area contributed by atoms with Gasteiger partial charge in [0, 0.05) is 56.8 Å². The Hall–Kier alpha value is -0.980. The van der Waals surface area contributed by atoms with Gasteiger partial charge in [-0.2, -0.15) is 0 Å². The molecule has 122 valence electrons. The van der Waals surface area contributed by atoms with Gasteiger partial charge in [0.25, 0.3) is 0 Å². The number of likely N-dealkylation sites (tertiary alicyclic amines) is 2. The summed E-state index contributed by atoms with van der Waals surface area (Å²) in [5.41, 5.74) is 1.90. The molecule has 2 saturated heterocycles. The number of hydrogen-bond acceptors (Lipinski definition) is 5. The van der Waals surface area contributed by atoms with Gasteiger partial charge >= 0.3 is 0 Å². The number of nitrogens with zero attached hydrogens (tertiary/aromatic N) is 3. The van der Waals surface area contributed by atoms with Crippen LogP contribution >= 0.6 is 11.3 Å². The van der Waals surface area contributed by atoms with Gasteiger partial charge in [-0.15, -0.1) is 11.3 Å². The van der Waals surface area contributed by atoms with Crippen LogP contribution < -0.4 is 0 Å². The van der Waals surface area contributed by atoms with E-state index in [1.54, 1.807) is 18.4 Å². The number of rotatable bonds is 5. The maximum atomic E-state index is 12.4. The molecule has 5 nitrogen and oxygen atoms in total. The van der Waals surface area contributed by atoms with Gasteiger partial charge in [-0.25, -0.2) is 0 Å². The number of carbonyl (C=O) groups excluding carboxylic acids is 1. The van der Waals surface area contributed by atoms with Crippen LogP contribution in [0.1, 0.15) is 30.6 Å². The van der Waals surface area contributed by atoms with Crippen molar-refractivity contribution in [2.75, 3.05) is 33.4 Å². The Morgan fingerprint density at radius 2 is 2.36 bits per heavy atom. The summed E-state index contributed by atoms with van der Waals surface area (Å²) in [6.07, 6.45) is 5.94. The maximum Gasteiger partial charge on any atom is 0.222 e. The van der Waals surface area contributed by atoms with Gasteiger partial charge in [0.05, 0.1) is 12.1 Å². The zero-order valence-electron chi connectivity index (χ0n) is 13.2. The first-order valence-corrected chi connectivity index (χ1v) is 9.04. The normalized spacial score (nSPS) is 26.8. The van der Waals surface area contributed by atoms with Gasteiger partial charge in [-0.05, 0) is 25.2 Å². The van der Waals surface area contributed by atoms with E-state index >= 15 is 0 Å². The first-order valence-electron chi connectivity index (χ1n) is 8.16. The standard InChI is InChI=1S/C16H25N3O2S/c1-21-8-7-19-15-5-6-18(11-14-9-17-12-22-14)10-13(15)3-2-4-16(19)20/h9,12-13,15H,2-8,10-11H2,1H3/t13-,15+/m0/s1. The molecule has 6 heteroatoms. The number of methoxy groups -OCH3 is 1. The minimum atomic E-state index is 0.320. The third-order valence-corrected chi connectivity index (χ3v) is 5.63. The second-order valence-corrected chi connectivity index (χ2v) is 7.26. The topological polar surface area (TPSA) is 45.7 Å². The van der Waals surface area contributed by atoms with E-state index in [9.17, 15) is 4.79 Å². The van der Waals surface area contributed by atoms with Gasteiger partial charge in [0.15, 0.2) is 0 Å². The second-order valence-electron chi connectivity index (χ2n) is 6.29. The van der Waals surface area contributed by atoms with Crippen LogP contribution in [-0.2, 0) is 16.1 Å². The maximum absolute atomic E-state index is 12.4. The number of ether oxygens (including phenoxy) is 1. The van der Waals surface area contributed by atoms with Crippen LogP contribution in [0.5, 0.6) is 0 Å². The van der Waals surface area contributed by atoms with E-state index in [1.807, 2.05) is 11.7 Å². The number of piperidine rings is 1. The van der Waals surface area contributed by atoms with Gasteiger partial charge in [-0.3, -0.25) is 14.7 Å². The van der Waals surface area contributed by atoms with E-state index in [0.717, 1.165) is 39.0 Å². The summed E-state index contributed by atoms with van der Waals surface area (Å²) in [5, 5.41) is 0. The quantitative estimate of drug-likeness (QED) is 0.831. The lowest BCUT2D eigenvalue weighted by Crippen LogP contribution is -2.52. The fourth-order valence-electron chi connectivity index (χ4n) is 3.80. The average molecular weight is 323 g/mol. The number of amides is 1. The predicted molar refractivity (Wildman–Crippen MR) is 86.7 cm³/mol. The summed E-state index contributed by atoms with van der Waals surface area (Å²) in [7, 11) is 1.71. The number of hydrogen-bond donors (Lipinski definition) is 0. The molecule has 0 spiro atoms. The smallest absolute Gasteiger partial charge is 0.222 e. The zero-order valence-corrected chi connectivity index (χ0v) is 14.1. The number of carbonyl (C=O) groups is 1. The Kier molecular flexibility index (Phi) is 5.44. The molecule has 2 aliphatic rings. The van der Waals surface area contributed by atoms with Crippen LogP contribution in [0, 0.1) is 5.92 Å². The highest BCUT2D eigenvalue weighted by Gasteiger charge is 2.37. The number of thiazole rings is 1. The third-order valence-electron chi connectivity index (χ3n) is 4.86. The monoisotopic (exact) mass is 323 g/mol. The zero-order chi connectivity index (χ0) is 15.4. The van der Waals surface area contributed by atoms with E-state index < -0.39 is 0 Å². The van der Waals surface area contributed by atoms with Crippen molar-refractivity contribution in [1.29, 1.82) is 0 Å². The second kappa shape index (κ2) is 7.53. The minimum Gasteiger partial charge on any atom is -0.383 e. The van der Waals surface area contributed by atoms with Crippen LogP contribution in [0.4, 0.5) is 0 Å². The highest BCUT2D eigenvalue weighted by Crippen LogP contribution is 2.31. The molecule has 2 aliphatic heterocycles. The lowest BCUT2D eigenvalue weighted by atomic mass is 9.88. The molecule has 0 bridgehead atoms. The highest BCUT2D eigenvalue weighted by atomic mass is 32.1. The van der Waals surface area contributed by atoms with Gasteiger partial charge in [-0.1, -0.05) is 0 Å². The lowest BCUT2D eigenvalue weighted by molar-refractivity contribution is -0.135. The average Bonchev–Trinajstić information content (AvgIpc) is 2.96. The van der Waals surface area contributed by atoms with Crippen molar-refractivity contribution in [2.24, 2.45) is 5.92 Å². The molecule has 1 amide bonds. The Balaban J connectivity index is 1.64. The highest BCUT2D eigenvalue weighted by molar-refractivity contribution is 7.09. The van der Waals surface area contributed by atoms with Crippen molar-refractivity contribution in [3.05, 3.63) is 16.6 Å². The molecule has 2 fully saturated rings. The van der Waals surface area contributed by atoms with Crippen LogP contribution in [0.3, 0.4) is 0 Å². The molecule has 3 heterocycles. The van der Waals surface area contributed by atoms with Crippen molar-refractivity contribution in [3.63, 3.8) is 0 Å². The summed E-state index contributed by atoms with van der Waals surface area (Å²) in [6, 6.07) is 0.405. The van der Waals surface area contributed by atoms with E-state index in [-0.39, 0.29) is 0 Å². The summed E-state index contributed by atoms with van der Waals surface area (Å²) in [6.45, 7) is 4.54.